The van der Waals surface area contributed by atoms with Crippen LogP contribution in [0.2, 0.25) is 5.02 Å². The number of pyridine rings is 1. The van der Waals surface area contributed by atoms with Gasteiger partial charge in [0.25, 0.3) is 0 Å². The third-order valence-corrected chi connectivity index (χ3v) is 5.93. The number of aromatic nitrogens is 2. The van der Waals surface area contributed by atoms with Gasteiger partial charge in [0.1, 0.15) is 5.65 Å². The number of carbonyl (C=O) groups is 1. The average molecular weight is 378 g/mol. The van der Waals surface area contributed by atoms with Crippen LogP contribution in [0.15, 0.2) is 54.5 Å². The molecule has 3 fully saturated rings. The second kappa shape index (κ2) is 6.54. The van der Waals surface area contributed by atoms with Crippen molar-refractivity contribution in [3.63, 3.8) is 0 Å². The summed E-state index contributed by atoms with van der Waals surface area (Å²) in [5.74, 6) is 0.511. The van der Waals surface area contributed by atoms with E-state index >= 15 is 0 Å². The highest BCUT2D eigenvalue weighted by molar-refractivity contribution is 6.30. The Hall–Kier alpha value is -2.59. The van der Waals surface area contributed by atoms with Gasteiger partial charge in [-0.05, 0) is 48.7 Å². The number of rotatable bonds is 3. The predicted octanol–water partition coefficient (Wildman–Crippen LogP) is 4.37. The van der Waals surface area contributed by atoms with Crippen LogP contribution in [-0.4, -0.2) is 33.3 Å². The number of Topliss-reactive ketones (excluding diaryl/α,β-unsaturated/α-hetero) is 1. The third kappa shape index (κ3) is 2.94. The summed E-state index contributed by atoms with van der Waals surface area (Å²) in [6, 6.07) is 11.9. The zero-order valence-corrected chi connectivity index (χ0v) is 15.7. The van der Waals surface area contributed by atoms with Gasteiger partial charge >= 0.3 is 0 Å². The quantitative estimate of drug-likeness (QED) is 0.636. The Morgan fingerprint density at radius 3 is 2.67 bits per heavy atom. The minimum atomic E-state index is 0.210. The first kappa shape index (κ1) is 16.6. The van der Waals surface area contributed by atoms with Crippen LogP contribution in [0.4, 0.5) is 0 Å². The largest absolute Gasteiger partial charge is 0.369 e. The number of nitrogens with zero attached hydrogens (tertiary/aromatic N) is 3. The van der Waals surface area contributed by atoms with Gasteiger partial charge in [0.2, 0.25) is 0 Å². The highest BCUT2D eigenvalue weighted by Gasteiger charge is 2.36. The lowest BCUT2D eigenvalue weighted by atomic mass is 9.84. The van der Waals surface area contributed by atoms with Crippen molar-refractivity contribution in [3.8, 4) is 0 Å². The molecule has 0 unspecified atom stereocenters. The highest BCUT2D eigenvalue weighted by atomic mass is 35.5. The summed E-state index contributed by atoms with van der Waals surface area (Å²) in [5.41, 5.74) is 4.02. The van der Waals surface area contributed by atoms with Gasteiger partial charge in [-0.25, -0.2) is 4.98 Å². The van der Waals surface area contributed by atoms with Crippen LogP contribution in [0.1, 0.15) is 24.0 Å². The number of halogens is 1. The second-order valence-electron chi connectivity index (χ2n) is 7.37. The van der Waals surface area contributed by atoms with Crippen molar-refractivity contribution in [2.75, 3.05) is 13.1 Å². The topological polar surface area (TPSA) is 38.1 Å². The monoisotopic (exact) mass is 377 g/mol. The molecule has 4 nitrogen and oxygen atoms in total. The molecule has 0 aliphatic carbocycles. The van der Waals surface area contributed by atoms with Crippen LogP contribution in [0, 0.1) is 5.92 Å². The lowest BCUT2D eigenvalue weighted by Crippen LogP contribution is -2.45. The SMILES string of the molecule is O=C1/C(=C/c2cn(Cc3ccc(Cl)cc3)c3ncccc23)N2CCC1CC2. The molecular formula is C22H20ClN3O. The van der Waals surface area contributed by atoms with Crippen LogP contribution >= 0.6 is 11.6 Å². The number of hydrogen-bond acceptors (Lipinski definition) is 3. The normalized spacial score (nSPS) is 18.8. The van der Waals surface area contributed by atoms with E-state index in [1.165, 1.54) is 0 Å². The lowest BCUT2D eigenvalue weighted by Gasteiger charge is -2.41. The molecule has 1 aromatic carbocycles. The van der Waals surface area contributed by atoms with E-state index in [-0.39, 0.29) is 5.92 Å². The first-order valence-electron chi connectivity index (χ1n) is 9.38. The number of hydrogen-bond donors (Lipinski definition) is 0. The van der Waals surface area contributed by atoms with Crippen molar-refractivity contribution in [1.29, 1.82) is 0 Å². The summed E-state index contributed by atoms with van der Waals surface area (Å²) < 4.78 is 2.14. The van der Waals surface area contributed by atoms with E-state index in [0.29, 0.717) is 12.3 Å². The van der Waals surface area contributed by atoms with E-state index < -0.39 is 0 Å². The molecule has 2 aromatic heterocycles. The van der Waals surface area contributed by atoms with Crippen LogP contribution in [0.25, 0.3) is 17.1 Å². The van der Waals surface area contributed by atoms with Crippen molar-refractivity contribution in [2.45, 2.75) is 19.4 Å². The molecule has 3 saturated heterocycles. The molecule has 0 atom stereocenters. The Kier molecular flexibility index (Phi) is 4.01. The molecule has 3 aromatic rings. The fourth-order valence-corrected chi connectivity index (χ4v) is 4.36. The maximum atomic E-state index is 12.7. The molecule has 3 aliphatic heterocycles. The Bertz CT molecular complexity index is 1040. The number of fused-ring (bicyclic) bond motifs is 4. The highest BCUT2D eigenvalue weighted by Crippen LogP contribution is 2.33. The minimum Gasteiger partial charge on any atom is -0.369 e. The molecule has 0 saturated carbocycles. The summed E-state index contributed by atoms with van der Waals surface area (Å²) in [5, 5.41) is 1.81. The van der Waals surface area contributed by atoms with Crippen molar-refractivity contribution < 1.29 is 4.79 Å². The molecular weight excluding hydrogens is 358 g/mol. The molecule has 0 amide bonds. The standard InChI is InChI=1S/C22H20ClN3O/c23-18-5-3-15(4-6-18)13-26-14-17(19-2-1-9-24-22(19)26)12-20-21(27)16-7-10-25(20)11-8-16/h1-6,9,12,14,16H,7-8,10-11,13H2/b20-12-. The fourth-order valence-electron chi connectivity index (χ4n) is 4.23. The van der Waals surface area contributed by atoms with Gasteiger partial charge < -0.3 is 9.47 Å². The Morgan fingerprint density at radius 2 is 1.93 bits per heavy atom. The number of ketones is 1. The third-order valence-electron chi connectivity index (χ3n) is 5.68. The molecule has 27 heavy (non-hydrogen) atoms. The minimum absolute atomic E-state index is 0.210. The number of allylic oxidation sites excluding steroid dienone is 1. The van der Waals surface area contributed by atoms with Gasteiger partial charge in [-0.15, -0.1) is 0 Å². The number of benzene rings is 1. The summed E-state index contributed by atoms with van der Waals surface area (Å²) in [4.78, 5) is 19.5. The van der Waals surface area contributed by atoms with Gasteiger partial charge in [-0.2, -0.15) is 0 Å². The molecule has 5 heterocycles. The molecule has 0 N–H and O–H groups in total. The van der Waals surface area contributed by atoms with Gasteiger partial charge in [0.15, 0.2) is 5.78 Å². The van der Waals surface area contributed by atoms with E-state index in [2.05, 4.69) is 32.8 Å². The van der Waals surface area contributed by atoms with Gasteiger partial charge in [0, 0.05) is 53.9 Å². The second-order valence-corrected chi connectivity index (χ2v) is 7.80. The van der Waals surface area contributed by atoms with E-state index in [0.717, 1.165) is 58.8 Å². The number of piperidine rings is 3. The zero-order chi connectivity index (χ0) is 18.4. The van der Waals surface area contributed by atoms with Crippen molar-refractivity contribution in [3.05, 3.63) is 70.6 Å². The summed E-state index contributed by atoms with van der Waals surface area (Å²) >= 11 is 6.00. The Morgan fingerprint density at radius 1 is 1.15 bits per heavy atom. The number of carbonyl (C=O) groups excluding carboxylic acids is 1. The zero-order valence-electron chi connectivity index (χ0n) is 14.9. The van der Waals surface area contributed by atoms with Gasteiger partial charge in [0.05, 0.1) is 5.70 Å². The lowest BCUT2D eigenvalue weighted by molar-refractivity contribution is -0.125. The molecule has 2 bridgehead atoms. The summed E-state index contributed by atoms with van der Waals surface area (Å²) in [7, 11) is 0. The van der Waals surface area contributed by atoms with Crippen LogP contribution in [0.5, 0.6) is 0 Å². The van der Waals surface area contributed by atoms with Crippen molar-refractivity contribution in [2.24, 2.45) is 5.92 Å². The molecule has 0 radical (unpaired) electrons. The predicted molar refractivity (Wildman–Crippen MR) is 108 cm³/mol. The van der Waals surface area contributed by atoms with E-state index in [4.69, 9.17) is 11.6 Å². The van der Waals surface area contributed by atoms with Crippen LogP contribution < -0.4 is 0 Å². The van der Waals surface area contributed by atoms with Crippen molar-refractivity contribution in [1.82, 2.24) is 14.5 Å². The Labute approximate surface area is 163 Å². The van der Waals surface area contributed by atoms with Crippen LogP contribution in [-0.2, 0) is 11.3 Å². The molecule has 0 spiro atoms. The molecule has 5 heteroatoms. The summed E-state index contributed by atoms with van der Waals surface area (Å²) in [6.07, 6.45) is 7.98. The fraction of sp³-hybridized carbons (Fsp3) is 0.273. The first-order chi connectivity index (χ1) is 13.2. The summed E-state index contributed by atoms with van der Waals surface area (Å²) in [6.45, 7) is 2.70. The molecule has 6 rings (SSSR count). The van der Waals surface area contributed by atoms with Gasteiger partial charge in [-0.3, -0.25) is 4.79 Å². The maximum absolute atomic E-state index is 12.7. The van der Waals surface area contributed by atoms with E-state index in [9.17, 15) is 4.79 Å². The maximum Gasteiger partial charge on any atom is 0.182 e. The van der Waals surface area contributed by atoms with Crippen LogP contribution in [0.3, 0.4) is 0 Å². The first-order valence-corrected chi connectivity index (χ1v) is 9.76. The molecule has 136 valence electrons. The van der Waals surface area contributed by atoms with E-state index in [1.54, 1.807) is 0 Å². The average Bonchev–Trinajstić information content (AvgIpc) is 3.04. The van der Waals surface area contributed by atoms with Crippen molar-refractivity contribution >= 4 is 34.5 Å². The molecule has 3 aliphatic rings. The Balaban J connectivity index is 1.56. The van der Waals surface area contributed by atoms with Gasteiger partial charge in [-0.1, -0.05) is 23.7 Å². The van der Waals surface area contributed by atoms with E-state index in [1.807, 2.05) is 36.5 Å². The smallest absolute Gasteiger partial charge is 0.182 e.